The summed E-state index contributed by atoms with van der Waals surface area (Å²) in [5.74, 6) is -1.07. The number of nitrogen functional groups attached to an aromatic ring is 3. The number of hydrogen-bond donors (Lipinski definition) is 6. The minimum Gasteiger partial charge on any atom is -0.398 e. The van der Waals surface area contributed by atoms with Gasteiger partial charge in [0.2, 0.25) is 5.91 Å². The van der Waals surface area contributed by atoms with Gasteiger partial charge in [-0.25, -0.2) is 0 Å². The molecule has 0 saturated heterocycles. The van der Waals surface area contributed by atoms with Crippen molar-refractivity contribution in [2.75, 3.05) is 17.2 Å². The monoisotopic (exact) mass is 702 g/mol. The summed E-state index contributed by atoms with van der Waals surface area (Å²) in [6.45, 7) is 4.54. The molecule has 1 amide bonds. The van der Waals surface area contributed by atoms with Crippen molar-refractivity contribution in [3.63, 3.8) is 0 Å². The highest BCUT2D eigenvalue weighted by Gasteiger charge is 2.36. The van der Waals surface area contributed by atoms with Crippen LogP contribution in [0.25, 0.3) is 22.3 Å². The molecule has 10 N–H and O–H groups in total. The SMILES string of the molecule is CC(C)(O)CCc1cc(-c2ccccc2C(F)(F)F)c(C(N)=O)c(CC(C)(O)CCc2cc(-c3ccccc3C(F)(F)F)cc(N)c2N)c1N. The van der Waals surface area contributed by atoms with Gasteiger partial charge in [0.25, 0.3) is 0 Å². The summed E-state index contributed by atoms with van der Waals surface area (Å²) < 4.78 is 83.9. The second-order valence-electron chi connectivity index (χ2n) is 13.4. The van der Waals surface area contributed by atoms with Crippen LogP contribution in [-0.4, -0.2) is 27.3 Å². The highest BCUT2D eigenvalue weighted by Crippen LogP contribution is 2.43. The molecule has 7 nitrogen and oxygen atoms in total. The van der Waals surface area contributed by atoms with E-state index < -0.39 is 40.6 Å². The van der Waals surface area contributed by atoms with E-state index in [1.54, 1.807) is 13.8 Å². The van der Waals surface area contributed by atoms with Crippen LogP contribution in [0.15, 0.2) is 66.7 Å². The normalized spacial score (nSPS) is 13.7. The van der Waals surface area contributed by atoms with Crippen molar-refractivity contribution in [3.05, 3.63) is 100 Å². The Morgan fingerprint density at radius 1 is 0.680 bits per heavy atom. The number of carbonyl (C=O) groups is 1. The Kier molecular flexibility index (Phi) is 10.6. The Bertz CT molecular complexity index is 1900. The van der Waals surface area contributed by atoms with Gasteiger partial charge < -0.3 is 33.1 Å². The fourth-order valence-corrected chi connectivity index (χ4v) is 6.06. The highest BCUT2D eigenvalue weighted by molar-refractivity contribution is 6.03. The molecular formula is C37H40F6N4O3. The van der Waals surface area contributed by atoms with Crippen molar-refractivity contribution in [1.29, 1.82) is 0 Å². The first-order valence-electron chi connectivity index (χ1n) is 15.7. The summed E-state index contributed by atoms with van der Waals surface area (Å²) in [5, 5.41) is 22.1. The number of carbonyl (C=O) groups excluding carboxylic acids is 1. The van der Waals surface area contributed by atoms with E-state index in [2.05, 4.69) is 0 Å². The fourth-order valence-electron chi connectivity index (χ4n) is 6.06. The van der Waals surface area contributed by atoms with Crippen molar-refractivity contribution in [2.24, 2.45) is 5.73 Å². The van der Waals surface area contributed by atoms with Gasteiger partial charge in [0.15, 0.2) is 0 Å². The minimum absolute atomic E-state index is 0.0129. The average Bonchev–Trinajstić information content (AvgIpc) is 3.00. The van der Waals surface area contributed by atoms with Gasteiger partial charge >= 0.3 is 12.4 Å². The molecule has 0 saturated carbocycles. The minimum atomic E-state index is -4.79. The van der Waals surface area contributed by atoms with Gasteiger partial charge in [-0.3, -0.25) is 4.79 Å². The Morgan fingerprint density at radius 3 is 1.72 bits per heavy atom. The second kappa shape index (κ2) is 13.9. The van der Waals surface area contributed by atoms with Crippen LogP contribution >= 0.6 is 0 Å². The number of amides is 1. The molecule has 268 valence electrons. The third-order valence-corrected chi connectivity index (χ3v) is 8.67. The molecule has 1 unspecified atom stereocenters. The third kappa shape index (κ3) is 8.69. The molecule has 50 heavy (non-hydrogen) atoms. The van der Waals surface area contributed by atoms with Gasteiger partial charge in [0.05, 0.1) is 39.3 Å². The number of alkyl halides is 6. The molecule has 0 fully saturated rings. The number of rotatable bonds is 11. The number of aryl methyl sites for hydroxylation is 2. The predicted octanol–water partition coefficient (Wildman–Crippen LogP) is 7.53. The quantitative estimate of drug-likeness (QED) is 0.0700. The first-order valence-corrected chi connectivity index (χ1v) is 15.7. The van der Waals surface area contributed by atoms with E-state index >= 15 is 0 Å². The van der Waals surface area contributed by atoms with Crippen molar-refractivity contribution >= 4 is 23.0 Å². The topological polar surface area (TPSA) is 162 Å². The lowest BCUT2D eigenvalue weighted by Gasteiger charge is -2.28. The van der Waals surface area contributed by atoms with E-state index in [1.165, 1.54) is 61.5 Å². The van der Waals surface area contributed by atoms with E-state index in [-0.39, 0.29) is 82.5 Å². The zero-order valence-electron chi connectivity index (χ0n) is 27.8. The molecule has 0 bridgehead atoms. The average molecular weight is 703 g/mol. The fraction of sp³-hybridized carbons (Fsp3) is 0.324. The van der Waals surface area contributed by atoms with Crippen LogP contribution in [0, 0.1) is 0 Å². The lowest BCUT2D eigenvalue weighted by Crippen LogP contribution is -2.31. The summed E-state index contributed by atoms with van der Waals surface area (Å²) in [7, 11) is 0. The summed E-state index contributed by atoms with van der Waals surface area (Å²) in [6.07, 6.45) is -9.57. The van der Waals surface area contributed by atoms with Crippen LogP contribution in [0.5, 0.6) is 0 Å². The molecule has 0 radical (unpaired) electrons. The molecule has 13 heteroatoms. The highest BCUT2D eigenvalue weighted by atomic mass is 19.4. The van der Waals surface area contributed by atoms with E-state index in [0.717, 1.165) is 12.1 Å². The van der Waals surface area contributed by atoms with Gasteiger partial charge in [0.1, 0.15) is 0 Å². The first kappa shape index (κ1) is 38.1. The van der Waals surface area contributed by atoms with Crippen LogP contribution in [-0.2, 0) is 31.6 Å². The maximum absolute atomic E-state index is 14.2. The van der Waals surface area contributed by atoms with Gasteiger partial charge in [-0.05, 0) is 116 Å². The summed E-state index contributed by atoms with van der Waals surface area (Å²) in [5.41, 5.74) is 20.1. The van der Waals surface area contributed by atoms with Crippen LogP contribution in [0.1, 0.15) is 71.8 Å². The number of halogens is 6. The zero-order chi connectivity index (χ0) is 37.4. The number of primary amides is 1. The molecule has 0 aliphatic heterocycles. The standard InChI is InChI=1S/C37H40F6N4O3/c1-34(2,49)14-12-21-17-25(24-9-5-7-11-28(24)37(41,42)43)30(33(47)48)26(31(21)45)19-35(3,50)15-13-20-16-22(18-29(44)32(20)46)23-8-4-6-10-27(23)36(38,39)40/h4-11,16-18,49-50H,12-15,19,44-46H2,1-3H3,(H2,47,48). The molecule has 0 spiro atoms. The van der Waals surface area contributed by atoms with Crippen molar-refractivity contribution in [1.82, 2.24) is 0 Å². The van der Waals surface area contributed by atoms with Crippen molar-refractivity contribution in [3.8, 4) is 22.3 Å². The largest absolute Gasteiger partial charge is 0.417 e. The zero-order valence-corrected chi connectivity index (χ0v) is 27.8. The Labute approximate surface area is 285 Å². The van der Waals surface area contributed by atoms with Crippen LogP contribution < -0.4 is 22.9 Å². The number of aliphatic hydroxyl groups is 2. The molecule has 0 heterocycles. The van der Waals surface area contributed by atoms with Gasteiger partial charge in [-0.1, -0.05) is 36.4 Å². The van der Waals surface area contributed by atoms with E-state index in [1.807, 2.05) is 0 Å². The molecule has 4 aromatic rings. The summed E-state index contributed by atoms with van der Waals surface area (Å²) in [6, 6.07) is 13.8. The molecule has 0 aromatic heterocycles. The number of anilines is 3. The predicted molar refractivity (Wildman–Crippen MR) is 183 cm³/mol. The molecule has 4 rings (SSSR count). The first-order chi connectivity index (χ1) is 23.0. The van der Waals surface area contributed by atoms with E-state index in [4.69, 9.17) is 22.9 Å². The Hall–Kier alpha value is -4.75. The third-order valence-electron chi connectivity index (χ3n) is 8.67. The van der Waals surface area contributed by atoms with Gasteiger partial charge in [-0.15, -0.1) is 0 Å². The van der Waals surface area contributed by atoms with Crippen molar-refractivity contribution in [2.45, 2.75) is 76.4 Å². The maximum Gasteiger partial charge on any atom is 0.417 e. The van der Waals surface area contributed by atoms with Crippen molar-refractivity contribution < 1.29 is 41.4 Å². The van der Waals surface area contributed by atoms with Gasteiger partial charge in [0, 0.05) is 12.1 Å². The van der Waals surface area contributed by atoms with Crippen LogP contribution in [0.3, 0.4) is 0 Å². The number of benzene rings is 4. The molecule has 0 aliphatic rings. The van der Waals surface area contributed by atoms with E-state index in [9.17, 15) is 41.4 Å². The lowest BCUT2D eigenvalue weighted by molar-refractivity contribution is -0.137. The molecular weight excluding hydrogens is 662 g/mol. The molecule has 0 aliphatic carbocycles. The van der Waals surface area contributed by atoms with E-state index in [0.29, 0.717) is 11.1 Å². The van der Waals surface area contributed by atoms with Crippen LogP contribution in [0.2, 0.25) is 0 Å². The van der Waals surface area contributed by atoms with Crippen LogP contribution in [0.4, 0.5) is 43.4 Å². The number of nitrogens with two attached hydrogens (primary N) is 4. The Morgan fingerprint density at radius 2 is 1.18 bits per heavy atom. The molecule has 4 aromatic carbocycles. The summed E-state index contributed by atoms with van der Waals surface area (Å²) in [4.78, 5) is 13.0. The van der Waals surface area contributed by atoms with Gasteiger partial charge in [-0.2, -0.15) is 26.3 Å². The lowest BCUT2D eigenvalue weighted by atomic mass is 9.81. The summed E-state index contributed by atoms with van der Waals surface area (Å²) >= 11 is 0. The molecule has 1 atom stereocenters. The smallest absolute Gasteiger partial charge is 0.398 e. The number of hydrogen-bond acceptors (Lipinski definition) is 6. The second-order valence-corrected chi connectivity index (χ2v) is 13.4. The Balaban J connectivity index is 1.80. The maximum atomic E-state index is 14.2.